The third kappa shape index (κ3) is 18.0. The summed E-state index contributed by atoms with van der Waals surface area (Å²) >= 11 is 2.18. The Kier molecular flexibility index (Phi) is 22.2. The Morgan fingerprint density at radius 2 is 1.40 bits per heavy atom. The molecule has 15 heavy (non-hydrogen) atoms. The van der Waals surface area contributed by atoms with Gasteiger partial charge < -0.3 is 0 Å². The van der Waals surface area contributed by atoms with E-state index in [9.17, 15) is 0 Å². The molecule has 1 unspecified atom stereocenters. The maximum Gasteiger partial charge on any atom is 0 e. The Labute approximate surface area is 115 Å². The van der Waals surface area contributed by atoms with Gasteiger partial charge in [-0.2, -0.15) is 0 Å². The minimum atomic E-state index is 0. The minimum Gasteiger partial charge on any atom is -0.138 e. The van der Waals surface area contributed by atoms with Crippen molar-refractivity contribution in [3.63, 3.8) is 0 Å². The second-order valence-corrected chi connectivity index (χ2v) is 7.08. The van der Waals surface area contributed by atoms with Crippen LogP contribution in [0.4, 0.5) is 0 Å². The fourth-order valence-corrected chi connectivity index (χ4v) is 4.21. The molecule has 0 heterocycles. The average Bonchev–Trinajstić information content (AvgIpc) is 2.21. The maximum absolute atomic E-state index is 2.28. The van der Waals surface area contributed by atoms with Gasteiger partial charge in [0.05, 0.1) is 0 Å². The van der Waals surface area contributed by atoms with E-state index >= 15 is 0 Å². The van der Waals surface area contributed by atoms with Gasteiger partial charge in [-0.1, -0.05) is 60.2 Å². The van der Waals surface area contributed by atoms with Gasteiger partial charge >= 0.3 is 0 Å². The van der Waals surface area contributed by atoms with Crippen molar-refractivity contribution in [1.29, 1.82) is 0 Å². The molecule has 88 valence electrons. The molecule has 3 heteroatoms. The Hall–Kier alpha value is 1.40. The van der Waals surface area contributed by atoms with Gasteiger partial charge in [-0.25, -0.2) is 0 Å². The van der Waals surface area contributed by atoms with Crippen molar-refractivity contribution < 1.29 is 19.5 Å². The van der Waals surface area contributed by atoms with Gasteiger partial charge in [-0.15, -0.1) is 11.4 Å². The maximum atomic E-state index is 2.28. The summed E-state index contributed by atoms with van der Waals surface area (Å²) in [6, 6.07) is 0. The molecule has 0 bridgehead atoms. The van der Waals surface area contributed by atoms with E-state index in [1.54, 1.807) is 0 Å². The van der Waals surface area contributed by atoms with Crippen molar-refractivity contribution >= 4 is 19.2 Å². The topological polar surface area (TPSA) is 0 Å². The Morgan fingerprint density at radius 3 is 2.07 bits per heavy atom. The van der Waals surface area contributed by atoms with E-state index in [2.05, 4.69) is 25.2 Å². The van der Waals surface area contributed by atoms with Crippen LogP contribution in [-0.2, 0) is 19.5 Å². The van der Waals surface area contributed by atoms with Crippen LogP contribution in [0.25, 0.3) is 0 Å². The monoisotopic (exact) mass is 298 g/mol. The molecule has 1 atom stereocenters. The molecule has 0 spiro atoms. The summed E-state index contributed by atoms with van der Waals surface area (Å²) in [7, 11) is 1.17. The third-order valence-electron chi connectivity index (χ3n) is 2.33. The van der Waals surface area contributed by atoms with E-state index in [-0.39, 0.29) is 19.5 Å². The fraction of sp³-hybridized carbons (Fsp3) is 1.00. The average molecular weight is 300 g/mol. The van der Waals surface area contributed by atoms with Crippen LogP contribution in [0.15, 0.2) is 0 Å². The molecule has 0 fully saturated rings. The van der Waals surface area contributed by atoms with Crippen molar-refractivity contribution in [2.24, 2.45) is 0 Å². The van der Waals surface area contributed by atoms with Crippen molar-refractivity contribution in [2.75, 3.05) is 11.9 Å². The summed E-state index contributed by atoms with van der Waals surface area (Å²) in [5, 5.41) is 0. The first kappa shape index (κ1) is 18.8. The predicted octanol–water partition coefficient (Wildman–Crippen LogP) is 5.47. The SMILES string of the molecule is CCCCCCCCSPCCCC.[Zn]. The molecular weight excluding hydrogens is 273 g/mol. The van der Waals surface area contributed by atoms with Gasteiger partial charge in [0.25, 0.3) is 0 Å². The first-order chi connectivity index (χ1) is 6.91. The summed E-state index contributed by atoms with van der Waals surface area (Å²) < 4.78 is 0. The molecule has 0 saturated carbocycles. The molecule has 0 aliphatic heterocycles. The molecule has 0 nitrogen and oxygen atoms in total. The largest absolute Gasteiger partial charge is 0.138 e. The molecule has 0 aromatic heterocycles. The van der Waals surface area contributed by atoms with Crippen molar-refractivity contribution in [2.45, 2.75) is 65.2 Å². The van der Waals surface area contributed by atoms with E-state index in [4.69, 9.17) is 0 Å². The molecule has 0 N–H and O–H groups in total. The van der Waals surface area contributed by atoms with Gasteiger partial charge in [-0.05, 0) is 24.8 Å². The van der Waals surface area contributed by atoms with E-state index < -0.39 is 0 Å². The first-order valence-electron chi connectivity index (χ1n) is 6.26. The summed E-state index contributed by atoms with van der Waals surface area (Å²) in [5.41, 5.74) is 0. The second-order valence-electron chi connectivity index (χ2n) is 3.86. The van der Waals surface area contributed by atoms with E-state index in [0.717, 1.165) is 0 Å². The molecule has 0 aliphatic rings. The van der Waals surface area contributed by atoms with Crippen molar-refractivity contribution in [1.82, 2.24) is 0 Å². The van der Waals surface area contributed by atoms with E-state index in [1.807, 2.05) is 0 Å². The smallest absolute Gasteiger partial charge is 0 e. The molecule has 0 aromatic carbocycles. The molecule has 0 radical (unpaired) electrons. The van der Waals surface area contributed by atoms with Crippen LogP contribution in [0.3, 0.4) is 0 Å². The van der Waals surface area contributed by atoms with Crippen molar-refractivity contribution in [3.8, 4) is 0 Å². The number of rotatable bonds is 11. The van der Waals surface area contributed by atoms with Crippen LogP contribution in [0.2, 0.25) is 0 Å². The minimum absolute atomic E-state index is 0. The van der Waals surface area contributed by atoms with E-state index in [1.165, 1.54) is 71.1 Å². The summed E-state index contributed by atoms with van der Waals surface area (Å²) in [4.78, 5) is 0. The number of hydrogen-bond donors (Lipinski definition) is 0. The van der Waals surface area contributed by atoms with Gasteiger partial charge in [0.15, 0.2) is 0 Å². The Balaban J connectivity index is 0. The molecule has 0 aromatic rings. The zero-order valence-corrected chi connectivity index (χ0v) is 15.5. The van der Waals surface area contributed by atoms with Gasteiger partial charge in [0, 0.05) is 19.5 Å². The van der Waals surface area contributed by atoms with Crippen LogP contribution in [0, 0.1) is 0 Å². The van der Waals surface area contributed by atoms with Gasteiger partial charge in [0.1, 0.15) is 0 Å². The normalized spacial score (nSPS) is 10.8. The molecule has 0 rings (SSSR count). The number of hydrogen-bond acceptors (Lipinski definition) is 1. The first-order valence-corrected chi connectivity index (χ1v) is 9.18. The summed E-state index contributed by atoms with van der Waals surface area (Å²) in [6.45, 7) is 4.56. The quantitative estimate of drug-likeness (QED) is 0.277. The van der Waals surface area contributed by atoms with Crippen LogP contribution < -0.4 is 0 Å². The van der Waals surface area contributed by atoms with Crippen LogP contribution >= 0.6 is 19.2 Å². The van der Waals surface area contributed by atoms with Gasteiger partial charge in [-0.3, -0.25) is 0 Å². The Morgan fingerprint density at radius 1 is 0.800 bits per heavy atom. The van der Waals surface area contributed by atoms with E-state index in [0.29, 0.717) is 0 Å². The van der Waals surface area contributed by atoms with Crippen molar-refractivity contribution in [3.05, 3.63) is 0 Å². The van der Waals surface area contributed by atoms with Gasteiger partial charge in [0.2, 0.25) is 0 Å². The fourth-order valence-electron chi connectivity index (χ4n) is 1.35. The molecule has 0 saturated heterocycles. The molecule has 0 amide bonds. The van der Waals surface area contributed by atoms with Crippen LogP contribution in [0.1, 0.15) is 65.2 Å². The Bertz CT molecular complexity index is 89.6. The second kappa shape index (κ2) is 17.8. The zero-order valence-electron chi connectivity index (χ0n) is 10.7. The van der Waals surface area contributed by atoms with Crippen LogP contribution in [0.5, 0.6) is 0 Å². The predicted molar refractivity (Wildman–Crippen MR) is 73.9 cm³/mol. The summed E-state index contributed by atoms with van der Waals surface area (Å²) in [5.74, 6) is 1.41. The van der Waals surface area contributed by atoms with Crippen LogP contribution in [-0.4, -0.2) is 11.9 Å². The summed E-state index contributed by atoms with van der Waals surface area (Å²) in [6.07, 6.45) is 12.9. The molecular formula is C12H27PSZn. The standard InChI is InChI=1S/C12H27PS.Zn/c1-3-5-7-8-9-10-12-14-13-11-6-4-2;/h13H,3-12H2,1-2H3;. The number of unbranched alkanes of at least 4 members (excludes halogenated alkanes) is 6. The zero-order chi connectivity index (χ0) is 10.5. The molecule has 0 aliphatic carbocycles. The third-order valence-corrected chi connectivity index (χ3v) is 5.43.